The van der Waals surface area contributed by atoms with Gasteiger partial charge in [0.1, 0.15) is 12.4 Å². The maximum Gasteiger partial charge on any atom is 0.145 e. The van der Waals surface area contributed by atoms with E-state index in [0.29, 0.717) is 0 Å². The van der Waals surface area contributed by atoms with E-state index in [9.17, 15) is 0 Å². The highest BCUT2D eigenvalue weighted by atomic mass is 16.5. The minimum absolute atomic E-state index is 0.774. The Morgan fingerprint density at radius 2 is 2.00 bits per heavy atom. The fourth-order valence-electron chi connectivity index (χ4n) is 1.79. The molecule has 1 aliphatic rings. The van der Waals surface area contributed by atoms with Crippen LogP contribution in [0.15, 0.2) is 6.07 Å². The van der Waals surface area contributed by atoms with Gasteiger partial charge in [-0.15, -0.1) is 0 Å². The van der Waals surface area contributed by atoms with E-state index < -0.39 is 0 Å². The van der Waals surface area contributed by atoms with E-state index in [0.717, 1.165) is 18.9 Å². The lowest BCUT2D eigenvalue weighted by atomic mass is 10.0. The standard InChI is InChI=1S/C11H15NO/c1-7-6-8(2)11-10(9(7)3)12-4-5-13-11/h6,12H,4-5H2,1-3H3. The first-order chi connectivity index (χ1) is 6.20. The van der Waals surface area contributed by atoms with E-state index >= 15 is 0 Å². The molecule has 0 radical (unpaired) electrons. The topological polar surface area (TPSA) is 21.3 Å². The van der Waals surface area contributed by atoms with E-state index in [1.807, 2.05) is 0 Å². The maximum absolute atomic E-state index is 5.63. The van der Waals surface area contributed by atoms with Crippen molar-refractivity contribution in [2.24, 2.45) is 0 Å². The van der Waals surface area contributed by atoms with Crippen molar-refractivity contribution in [3.8, 4) is 5.75 Å². The van der Waals surface area contributed by atoms with Gasteiger partial charge in [0.15, 0.2) is 0 Å². The van der Waals surface area contributed by atoms with Crippen LogP contribution >= 0.6 is 0 Å². The van der Waals surface area contributed by atoms with Crippen LogP contribution in [0.5, 0.6) is 5.75 Å². The Kier molecular flexibility index (Phi) is 1.91. The second-order valence-electron chi connectivity index (χ2n) is 3.61. The monoisotopic (exact) mass is 177 g/mol. The molecule has 1 aliphatic heterocycles. The molecule has 2 nitrogen and oxygen atoms in total. The summed E-state index contributed by atoms with van der Waals surface area (Å²) in [6.45, 7) is 8.06. The number of hydrogen-bond donors (Lipinski definition) is 1. The summed E-state index contributed by atoms with van der Waals surface area (Å²) in [5.74, 6) is 1.04. The number of aryl methyl sites for hydroxylation is 2. The molecule has 13 heavy (non-hydrogen) atoms. The van der Waals surface area contributed by atoms with Gasteiger partial charge in [0.25, 0.3) is 0 Å². The van der Waals surface area contributed by atoms with Gasteiger partial charge in [-0.05, 0) is 37.5 Å². The molecule has 2 heteroatoms. The van der Waals surface area contributed by atoms with Crippen LogP contribution in [0, 0.1) is 20.8 Å². The first kappa shape index (κ1) is 8.42. The first-order valence-electron chi connectivity index (χ1n) is 4.67. The van der Waals surface area contributed by atoms with Gasteiger partial charge < -0.3 is 10.1 Å². The van der Waals surface area contributed by atoms with Gasteiger partial charge in [-0.25, -0.2) is 0 Å². The van der Waals surface area contributed by atoms with Crippen molar-refractivity contribution in [2.45, 2.75) is 20.8 Å². The molecule has 0 amide bonds. The molecule has 1 aromatic rings. The SMILES string of the molecule is Cc1cc(C)c2c(c1C)NCCO2. The third-order valence-corrected chi connectivity index (χ3v) is 2.63. The molecule has 1 N–H and O–H groups in total. The van der Waals surface area contributed by atoms with Crippen LogP contribution in [-0.4, -0.2) is 13.2 Å². The summed E-state index contributed by atoms with van der Waals surface area (Å²) in [6, 6.07) is 2.18. The van der Waals surface area contributed by atoms with Crippen molar-refractivity contribution in [3.63, 3.8) is 0 Å². The number of rotatable bonds is 0. The molecule has 0 fully saturated rings. The molecule has 0 saturated heterocycles. The minimum atomic E-state index is 0.774. The summed E-state index contributed by atoms with van der Waals surface area (Å²) in [7, 11) is 0. The zero-order chi connectivity index (χ0) is 9.42. The molecule has 0 bridgehead atoms. The van der Waals surface area contributed by atoms with Gasteiger partial charge in [-0.3, -0.25) is 0 Å². The molecule has 0 aromatic heterocycles. The van der Waals surface area contributed by atoms with E-state index in [4.69, 9.17) is 4.74 Å². The van der Waals surface area contributed by atoms with Gasteiger partial charge in [-0.1, -0.05) is 6.07 Å². The summed E-state index contributed by atoms with van der Waals surface area (Å²) < 4.78 is 5.63. The van der Waals surface area contributed by atoms with Crippen LogP contribution in [-0.2, 0) is 0 Å². The molecule has 0 spiro atoms. The molecular formula is C11H15NO. The van der Waals surface area contributed by atoms with Crippen molar-refractivity contribution in [3.05, 3.63) is 22.8 Å². The Morgan fingerprint density at radius 3 is 2.77 bits per heavy atom. The highest BCUT2D eigenvalue weighted by Crippen LogP contribution is 2.35. The molecule has 0 saturated carbocycles. The zero-order valence-electron chi connectivity index (χ0n) is 8.40. The van der Waals surface area contributed by atoms with Gasteiger partial charge in [0.05, 0.1) is 5.69 Å². The van der Waals surface area contributed by atoms with Crippen LogP contribution in [0.3, 0.4) is 0 Å². The third-order valence-electron chi connectivity index (χ3n) is 2.63. The van der Waals surface area contributed by atoms with E-state index in [1.54, 1.807) is 0 Å². The number of fused-ring (bicyclic) bond motifs is 1. The Labute approximate surface area is 78.9 Å². The summed E-state index contributed by atoms with van der Waals surface area (Å²) in [4.78, 5) is 0. The van der Waals surface area contributed by atoms with Gasteiger partial charge in [0, 0.05) is 6.54 Å². The van der Waals surface area contributed by atoms with Crippen molar-refractivity contribution >= 4 is 5.69 Å². The molecule has 1 aromatic carbocycles. The average Bonchev–Trinajstić information content (AvgIpc) is 2.15. The zero-order valence-corrected chi connectivity index (χ0v) is 8.40. The van der Waals surface area contributed by atoms with Gasteiger partial charge >= 0.3 is 0 Å². The highest BCUT2D eigenvalue weighted by Gasteiger charge is 2.15. The molecule has 0 atom stereocenters. The molecule has 1 heterocycles. The molecule has 0 unspecified atom stereocenters. The van der Waals surface area contributed by atoms with E-state index in [1.165, 1.54) is 22.4 Å². The highest BCUT2D eigenvalue weighted by molar-refractivity contribution is 5.67. The summed E-state index contributed by atoms with van der Waals surface area (Å²) >= 11 is 0. The Hall–Kier alpha value is -1.18. The lowest BCUT2D eigenvalue weighted by Crippen LogP contribution is -2.19. The van der Waals surface area contributed by atoms with Gasteiger partial charge in [-0.2, -0.15) is 0 Å². The molecule has 2 rings (SSSR count). The number of hydrogen-bond acceptors (Lipinski definition) is 2. The lowest BCUT2D eigenvalue weighted by molar-refractivity contribution is 0.320. The summed E-state index contributed by atoms with van der Waals surface area (Å²) in [5.41, 5.74) is 5.04. The summed E-state index contributed by atoms with van der Waals surface area (Å²) in [5, 5.41) is 3.39. The number of benzene rings is 1. The first-order valence-corrected chi connectivity index (χ1v) is 4.67. The number of ether oxygens (including phenoxy) is 1. The minimum Gasteiger partial charge on any atom is -0.489 e. The van der Waals surface area contributed by atoms with Gasteiger partial charge in [0.2, 0.25) is 0 Å². The Morgan fingerprint density at radius 1 is 1.23 bits per heavy atom. The quantitative estimate of drug-likeness (QED) is 0.657. The van der Waals surface area contributed by atoms with Crippen LogP contribution in [0.2, 0.25) is 0 Å². The van der Waals surface area contributed by atoms with Crippen LogP contribution < -0.4 is 10.1 Å². The number of nitrogens with one attached hydrogen (secondary N) is 1. The third kappa shape index (κ3) is 1.26. The fraction of sp³-hybridized carbons (Fsp3) is 0.455. The second-order valence-corrected chi connectivity index (χ2v) is 3.61. The normalized spacial score (nSPS) is 14.4. The van der Waals surface area contributed by atoms with Crippen molar-refractivity contribution in [1.29, 1.82) is 0 Å². The van der Waals surface area contributed by atoms with E-state index in [-0.39, 0.29) is 0 Å². The Bertz CT molecular complexity index is 344. The number of anilines is 1. The lowest BCUT2D eigenvalue weighted by Gasteiger charge is -2.23. The smallest absolute Gasteiger partial charge is 0.145 e. The van der Waals surface area contributed by atoms with Crippen LogP contribution in [0.4, 0.5) is 5.69 Å². The molecule has 70 valence electrons. The molecule has 0 aliphatic carbocycles. The summed E-state index contributed by atoms with van der Waals surface area (Å²) in [6.07, 6.45) is 0. The van der Waals surface area contributed by atoms with E-state index in [2.05, 4.69) is 32.2 Å². The Balaban J connectivity index is 2.63. The second kappa shape index (κ2) is 2.95. The predicted molar refractivity (Wildman–Crippen MR) is 54.6 cm³/mol. The maximum atomic E-state index is 5.63. The average molecular weight is 177 g/mol. The fourth-order valence-corrected chi connectivity index (χ4v) is 1.79. The van der Waals surface area contributed by atoms with Crippen molar-refractivity contribution in [1.82, 2.24) is 0 Å². The van der Waals surface area contributed by atoms with Crippen LogP contribution in [0.25, 0.3) is 0 Å². The predicted octanol–water partition coefficient (Wildman–Crippen LogP) is 2.42. The van der Waals surface area contributed by atoms with Crippen molar-refractivity contribution < 1.29 is 4.74 Å². The largest absolute Gasteiger partial charge is 0.489 e. The van der Waals surface area contributed by atoms with Crippen molar-refractivity contribution in [2.75, 3.05) is 18.5 Å². The van der Waals surface area contributed by atoms with Crippen LogP contribution in [0.1, 0.15) is 16.7 Å². The molecular weight excluding hydrogens is 162 g/mol.